The summed E-state index contributed by atoms with van der Waals surface area (Å²) in [5.41, 5.74) is 8.45. The van der Waals surface area contributed by atoms with Crippen molar-refractivity contribution in [3.8, 4) is 11.5 Å². The fourth-order valence-corrected chi connectivity index (χ4v) is 4.91. The van der Waals surface area contributed by atoms with Crippen LogP contribution in [0.1, 0.15) is 29.9 Å². The number of aromatic nitrogens is 1. The monoisotopic (exact) mass is 472 g/mol. The highest BCUT2D eigenvalue weighted by Crippen LogP contribution is 2.45. The predicted molar refractivity (Wildman–Crippen MR) is 131 cm³/mol. The van der Waals surface area contributed by atoms with Crippen LogP contribution in [0, 0.1) is 5.82 Å². The van der Waals surface area contributed by atoms with Gasteiger partial charge in [-0.3, -0.25) is 9.59 Å². The van der Waals surface area contributed by atoms with Gasteiger partial charge >= 0.3 is 0 Å². The fourth-order valence-electron chi connectivity index (χ4n) is 4.91. The van der Waals surface area contributed by atoms with E-state index >= 15 is 0 Å². The Bertz CT molecular complexity index is 1280. The minimum atomic E-state index is -0.607. The second kappa shape index (κ2) is 9.21. The molecule has 0 bridgehead atoms. The molecule has 35 heavy (non-hydrogen) atoms. The Morgan fingerprint density at radius 1 is 1.11 bits per heavy atom. The van der Waals surface area contributed by atoms with Crippen LogP contribution < -0.4 is 15.4 Å². The molecule has 2 aromatic carbocycles. The first-order valence-electron chi connectivity index (χ1n) is 11.5. The lowest BCUT2D eigenvalue weighted by Gasteiger charge is -2.37. The summed E-state index contributed by atoms with van der Waals surface area (Å²) in [5.74, 6) is 0.212. The van der Waals surface area contributed by atoms with E-state index in [1.807, 2.05) is 18.2 Å². The van der Waals surface area contributed by atoms with Crippen molar-refractivity contribution in [3.05, 3.63) is 90.4 Å². The van der Waals surface area contributed by atoms with Crippen molar-refractivity contribution in [3.63, 3.8) is 0 Å². The number of carbonyl (C=O) groups is 2. The number of anilines is 2. The summed E-state index contributed by atoms with van der Waals surface area (Å²) in [7, 11) is 0. The molecule has 2 aliphatic heterocycles. The summed E-state index contributed by atoms with van der Waals surface area (Å²) in [6.07, 6.45) is 4.49. The Hall–Kier alpha value is -4.20. The first-order valence-corrected chi connectivity index (χ1v) is 11.5. The Labute approximate surface area is 202 Å². The molecule has 0 radical (unpaired) electrons. The summed E-state index contributed by atoms with van der Waals surface area (Å²) in [6, 6.07) is 14.6. The molecule has 8 heteroatoms. The number of hydrogen-bond donors (Lipinski definition) is 1. The van der Waals surface area contributed by atoms with E-state index in [0.29, 0.717) is 36.0 Å². The van der Waals surface area contributed by atoms with Gasteiger partial charge in [0.15, 0.2) is 0 Å². The molecule has 3 heterocycles. The molecule has 5 rings (SSSR count). The summed E-state index contributed by atoms with van der Waals surface area (Å²) in [4.78, 5) is 33.8. The Kier molecular flexibility index (Phi) is 5.94. The van der Waals surface area contributed by atoms with E-state index in [-0.39, 0.29) is 23.7 Å². The average Bonchev–Trinajstić information content (AvgIpc) is 3.18. The maximum Gasteiger partial charge on any atom is 0.246 e. The highest BCUT2D eigenvalue weighted by molar-refractivity contribution is 6.08. The largest absolute Gasteiger partial charge is 0.457 e. The Morgan fingerprint density at radius 2 is 1.80 bits per heavy atom. The normalized spacial score (nSPS) is 19.4. The number of amides is 2. The molecule has 2 N–H and O–H groups in total. The zero-order valence-corrected chi connectivity index (χ0v) is 19.1. The van der Waals surface area contributed by atoms with Crippen molar-refractivity contribution in [2.45, 2.75) is 24.8 Å². The van der Waals surface area contributed by atoms with Gasteiger partial charge in [-0.25, -0.2) is 9.37 Å². The molecule has 1 unspecified atom stereocenters. The van der Waals surface area contributed by atoms with E-state index in [1.165, 1.54) is 18.2 Å². The smallest absolute Gasteiger partial charge is 0.246 e. The highest BCUT2D eigenvalue weighted by atomic mass is 19.1. The SMILES string of the molecule is C=CC(=O)N1CCC[C@@H](N2C(=O)C(c3ccc(Oc4ccc(F)cc4)cc3)c3c2ccnc3N)C1. The van der Waals surface area contributed by atoms with Gasteiger partial charge < -0.3 is 20.3 Å². The van der Waals surface area contributed by atoms with Gasteiger partial charge in [-0.05, 0) is 66.9 Å². The second-order valence-corrected chi connectivity index (χ2v) is 8.68. The van der Waals surface area contributed by atoms with E-state index in [4.69, 9.17) is 10.5 Å². The van der Waals surface area contributed by atoms with Crippen LogP contribution in [-0.4, -0.2) is 40.8 Å². The van der Waals surface area contributed by atoms with Crippen LogP contribution in [0.25, 0.3) is 0 Å². The molecular weight excluding hydrogens is 447 g/mol. The van der Waals surface area contributed by atoms with Gasteiger partial charge in [0.1, 0.15) is 23.1 Å². The lowest BCUT2D eigenvalue weighted by molar-refractivity contribution is -0.128. The number of nitrogens with two attached hydrogens (primary N) is 1. The molecule has 3 aromatic rings. The number of nitrogens with zero attached hydrogens (tertiary/aromatic N) is 3. The molecule has 7 nitrogen and oxygen atoms in total. The van der Waals surface area contributed by atoms with Gasteiger partial charge in [0.2, 0.25) is 11.8 Å². The van der Waals surface area contributed by atoms with Crippen LogP contribution in [0.3, 0.4) is 0 Å². The first kappa shape index (κ1) is 22.6. The standard InChI is InChI=1S/C27H25FN4O3/c1-2-23(33)31-15-3-4-19(16-31)32-22-13-14-30-26(29)25(22)24(27(32)34)17-5-9-20(10-6-17)35-21-11-7-18(28)8-12-21/h2,5-14,19,24H,1,3-4,15-16H2,(H2,29,30)/t19-,24?/m1/s1. The van der Waals surface area contributed by atoms with E-state index in [2.05, 4.69) is 11.6 Å². The fraction of sp³-hybridized carbons (Fsp3) is 0.222. The Balaban J connectivity index is 1.44. The Morgan fingerprint density at radius 3 is 2.49 bits per heavy atom. The molecule has 0 aliphatic carbocycles. The number of carbonyl (C=O) groups excluding carboxylic acids is 2. The maximum absolute atomic E-state index is 13.8. The minimum Gasteiger partial charge on any atom is -0.457 e. The van der Waals surface area contributed by atoms with Gasteiger partial charge in [-0.15, -0.1) is 0 Å². The number of hydrogen-bond acceptors (Lipinski definition) is 5. The summed E-state index contributed by atoms with van der Waals surface area (Å²) in [6.45, 7) is 4.67. The molecule has 1 fully saturated rings. The molecule has 1 aromatic heterocycles. The number of ether oxygens (including phenoxy) is 1. The van der Waals surface area contributed by atoms with Gasteiger partial charge in [0.25, 0.3) is 0 Å². The summed E-state index contributed by atoms with van der Waals surface area (Å²) >= 11 is 0. The number of halogens is 1. The molecular formula is C27H25FN4O3. The number of pyridine rings is 1. The first-order chi connectivity index (χ1) is 17.0. The quantitative estimate of drug-likeness (QED) is 0.561. The lowest BCUT2D eigenvalue weighted by Crippen LogP contribution is -2.51. The predicted octanol–water partition coefficient (Wildman–Crippen LogP) is 4.25. The number of fused-ring (bicyclic) bond motifs is 1. The minimum absolute atomic E-state index is 0.0928. The van der Waals surface area contributed by atoms with E-state index in [1.54, 1.807) is 40.3 Å². The lowest BCUT2D eigenvalue weighted by atomic mass is 9.93. The van der Waals surface area contributed by atoms with Crippen molar-refractivity contribution >= 4 is 23.3 Å². The highest BCUT2D eigenvalue weighted by Gasteiger charge is 2.44. The van der Waals surface area contributed by atoms with Crippen molar-refractivity contribution in [2.75, 3.05) is 23.7 Å². The van der Waals surface area contributed by atoms with Gasteiger partial charge in [-0.1, -0.05) is 18.7 Å². The summed E-state index contributed by atoms with van der Waals surface area (Å²) in [5, 5.41) is 0. The zero-order chi connectivity index (χ0) is 24.5. The third-order valence-corrected chi connectivity index (χ3v) is 6.54. The van der Waals surface area contributed by atoms with Crippen molar-refractivity contribution in [1.29, 1.82) is 0 Å². The zero-order valence-electron chi connectivity index (χ0n) is 19.1. The van der Waals surface area contributed by atoms with Crippen LogP contribution in [-0.2, 0) is 9.59 Å². The number of benzene rings is 2. The maximum atomic E-state index is 13.8. The van der Waals surface area contributed by atoms with Crippen LogP contribution >= 0.6 is 0 Å². The third kappa shape index (κ3) is 4.23. The molecule has 0 saturated carbocycles. The molecule has 2 amide bonds. The molecule has 2 atom stereocenters. The van der Waals surface area contributed by atoms with Crippen molar-refractivity contribution < 1.29 is 18.7 Å². The number of rotatable bonds is 5. The van der Waals surface area contributed by atoms with E-state index in [0.717, 1.165) is 24.1 Å². The van der Waals surface area contributed by atoms with Crippen molar-refractivity contribution in [2.24, 2.45) is 0 Å². The van der Waals surface area contributed by atoms with E-state index < -0.39 is 5.92 Å². The van der Waals surface area contributed by atoms with E-state index in [9.17, 15) is 14.0 Å². The van der Waals surface area contributed by atoms with Gasteiger partial charge in [0, 0.05) is 24.8 Å². The topological polar surface area (TPSA) is 88.8 Å². The third-order valence-electron chi connectivity index (χ3n) is 6.54. The van der Waals surface area contributed by atoms with Crippen LogP contribution in [0.5, 0.6) is 11.5 Å². The number of nitrogen functional groups attached to an aromatic ring is 1. The van der Waals surface area contributed by atoms with Crippen molar-refractivity contribution in [1.82, 2.24) is 9.88 Å². The molecule has 2 aliphatic rings. The molecule has 0 spiro atoms. The molecule has 178 valence electrons. The molecule has 1 saturated heterocycles. The van der Waals surface area contributed by atoms with Crippen LogP contribution in [0.2, 0.25) is 0 Å². The van der Waals surface area contributed by atoms with Gasteiger partial charge in [-0.2, -0.15) is 0 Å². The van der Waals surface area contributed by atoms with Crippen LogP contribution in [0.4, 0.5) is 15.9 Å². The van der Waals surface area contributed by atoms with Gasteiger partial charge in [0.05, 0.1) is 17.6 Å². The van der Waals surface area contributed by atoms with Crippen LogP contribution in [0.15, 0.2) is 73.4 Å². The summed E-state index contributed by atoms with van der Waals surface area (Å²) < 4.78 is 18.9. The average molecular weight is 473 g/mol. The number of likely N-dealkylation sites (tertiary alicyclic amines) is 1. The number of piperidine rings is 1. The second-order valence-electron chi connectivity index (χ2n) is 8.68.